The molecule has 0 amide bonds. The van der Waals surface area contributed by atoms with Crippen molar-refractivity contribution >= 4 is 54.0 Å². The molecule has 110 valence electrons. The van der Waals surface area contributed by atoms with Gasteiger partial charge >= 0.3 is 7.60 Å². The van der Waals surface area contributed by atoms with Crippen LogP contribution in [-0.2, 0) is 23.7 Å². The lowest BCUT2D eigenvalue weighted by Crippen LogP contribution is -2.14. The van der Waals surface area contributed by atoms with E-state index in [0.29, 0.717) is 0 Å². The first kappa shape index (κ1) is 19.2. The molecule has 0 heterocycles. The third-order valence-electron chi connectivity index (χ3n) is 1.34. The molecule has 0 aliphatic heterocycles. The lowest BCUT2D eigenvalue weighted by atomic mass is 10.5. The van der Waals surface area contributed by atoms with E-state index in [4.69, 9.17) is 51.5 Å². The summed E-state index contributed by atoms with van der Waals surface area (Å²) < 4.78 is 20.4. The molecule has 0 fully saturated rings. The van der Waals surface area contributed by atoms with Gasteiger partial charge in [0.2, 0.25) is 0 Å². The van der Waals surface area contributed by atoms with Gasteiger partial charge in [-0.25, -0.2) is 9.78 Å². The van der Waals surface area contributed by atoms with Crippen molar-refractivity contribution in [2.75, 3.05) is 31.3 Å². The van der Waals surface area contributed by atoms with Crippen molar-refractivity contribution in [1.82, 2.24) is 0 Å². The molecule has 0 radical (unpaired) electrons. The summed E-state index contributed by atoms with van der Waals surface area (Å²) in [4.78, 5) is 9.05. The molecule has 2 atom stereocenters. The van der Waals surface area contributed by atoms with Gasteiger partial charge < -0.3 is 5.11 Å². The van der Waals surface area contributed by atoms with Crippen LogP contribution in [0.25, 0.3) is 0 Å². The van der Waals surface area contributed by atoms with Crippen LogP contribution in [0.4, 0.5) is 0 Å². The molecular weight excluding hydrogens is 353 g/mol. The Labute approximate surface area is 125 Å². The molecular formula is C7H13Cl4O6P. The largest absolute Gasteiger partial charge is 0.409 e. The van der Waals surface area contributed by atoms with Crippen molar-refractivity contribution in [3.63, 3.8) is 0 Å². The average Bonchev–Trinajstić information content (AvgIpc) is 2.38. The molecule has 18 heavy (non-hydrogen) atoms. The van der Waals surface area contributed by atoms with Gasteiger partial charge in [0.1, 0.15) is 19.6 Å². The Morgan fingerprint density at radius 3 is 1.67 bits per heavy atom. The predicted molar refractivity (Wildman–Crippen MR) is 69.5 cm³/mol. The summed E-state index contributed by atoms with van der Waals surface area (Å²) in [7, 11) is -3.93. The minimum absolute atomic E-state index is 0.120. The van der Waals surface area contributed by atoms with Crippen molar-refractivity contribution in [3.05, 3.63) is 0 Å². The number of halogens is 4. The van der Waals surface area contributed by atoms with Crippen molar-refractivity contribution in [2.24, 2.45) is 0 Å². The van der Waals surface area contributed by atoms with Crippen LogP contribution in [0.3, 0.4) is 0 Å². The second-order valence-corrected chi connectivity index (χ2v) is 6.63. The minimum atomic E-state index is -3.93. The van der Waals surface area contributed by atoms with Gasteiger partial charge in [0.25, 0.3) is 0 Å². The van der Waals surface area contributed by atoms with Crippen molar-refractivity contribution in [3.8, 4) is 0 Å². The van der Waals surface area contributed by atoms with E-state index in [1.54, 1.807) is 0 Å². The average molecular weight is 366 g/mol. The summed E-state index contributed by atoms with van der Waals surface area (Å²) >= 11 is 22.0. The fourth-order valence-electron chi connectivity index (χ4n) is 0.518. The lowest BCUT2D eigenvalue weighted by molar-refractivity contribution is -0.267. The maximum absolute atomic E-state index is 11.6. The van der Waals surface area contributed by atoms with Crippen molar-refractivity contribution < 1.29 is 28.8 Å². The van der Waals surface area contributed by atoms with Gasteiger partial charge in [-0.2, -0.15) is 0 Å². The summed E-state index contributed by atoms with van der Waals surface area (Å²) in [5.74, 6) is 0.241. The number of hydrogen-bond donors (Lipinski definition) is 1. The summed E-state index contributed by atoms with van der Waals surface area (Å²) in [5, 5.41) is 7.79. The highest BCUT2D eigenvalue weighted by Crippen LogP contribution is 2.47. The molecule has 0 aromatic heterocycles. The molecule has 0 spiro atoms. The maximum atomic E-state index is 11.6. The maximum Gasteiger partial charge on any atom is 0.409 e. The van der Waals surface area contributed by atoms with E-state index < -0.39 is 24.7 Å². The van der Waals surface area contributed by atoms with Crippen LogP contribution in [0.2, 0.25) is 0 Å². The third-order valence-corrected chi connectivity index (χ3v) is 3.97. The third kappa shape index (κ3) is 9.15. The number of hydrogen-bond acceptors (Lipinski definition) is 6. The molecule has 1 N–H and O–H groups in total. The number of rotatable bonds is 11. The van der Waals surface area contributed by atoms with E-state index in [0.717, 1.165) is 0 Å². The van der Waals surface area contributed by atoms with E-state index in [1.165, 1.54) is 0 Å². The summed E-state index contributed by atoms with van der Waals surface area (Å²) in [5.41, 5.74) is 0. The summed E-state index contributed by atoms with van der Waals surface area (Å²) in [6.07, 6.45) is -0.936. The van der Waals surface area contributed by atoms with Gasteiger partial charge in [0.05, 0.1) is 10.8 Å². The zero-order valence-corrected chi connectivity index (χ0v) is 13.1. The zero-order valence-electron chi connectivity index (χ0n) is 9.14. The molecule has 0 aromatic rings. The van der Waals surface area contributed by atoms with Crippen LogP contribution >= 0.6 is 54.0 Å². The molecule has 0 bridgehead atoms. The van der Waals surface area contributed by atoms with Crippen LogP contribution in [-0.4, -0.2) is 47.2 Å². The van der Waals surface area contributed by atoms with Crippen LogP contribution in [0, 0.1) is 0 Å². The van der Waals surface area contributed by atoms with E-state index >= 15 is 0 Å². The van der Waals surface area contributed by atoms with Crippen LogP contribution < -0.4 is 0 Å². The first-order valence-electron chi connectivity index (χ1n) is 4.69. The second-order valence-electron chi connectivity index (χ2n) is 2.97. The molecule has 0 saturated heterocycles. The first-order valence-corrected chi connectivity index (χ1v) is 8.36. The first-order chi connectivity index (χ1) is 8.47. The van der Waals surface area contributed by atoms with Crippen molar-refractivity contribution in [2.45, 2.75) is 10.8 Å². The highest BCUT2D eigenvalue weighted by molar-refractivity contribution is 7.53. The van der Waals surface area contributed by atoms with Gasteiger partial charge in [-0.05, 0) is 0 Å². The summed E-state index contributed by atoms with van der Waals surface area (Å²) in [6, 6.07) is 0. The van der Waals surface area contributed by atoms with Gasteiger partial charge in [-0.3, -0.25) is 4.57 Å². The number of alkyl halides is 4. The van der Waals surface area contributed by atoms with E-state index in [9.17, 15) is 4.57 Å². The Kier molecular flexibility index (Phi) is 11.6. The Morgan fingerprint density at radius 2 is 1.39 bits per heavy atom. The molecule has 0 aliphatic rings. The number of aliphatic hydroxyl groups is 1. The van der Waals surface area contributed by atoms with Crippen LogP contribution in [0.5, 0.6) is 0 Å². The number of aliphatic hydroxyl groups excluding tert-OH is 1. The highest BCUT2D eigenvalue weighted by atomic mass is 35.5. The Balaban J connectivity index is 3.91. The van der Waals surface area contributed by atoms with E-state index in [-0.39, 0.29) is 25.0 Å². The van der Waals surface area contributed by atoms with Crippen molar-refractivity contribution in [1.29, 1.82) is 0 Å². The monoisotopic (exact) mass is 364 g/mol. The molecule has 0 aliphatic carbocycles. The molecule has 6 nitrogen and oxygen atoms in total. The van der Waals surface area contributed by atoms with E-state index in [2.05, 4.69) is 19.1 Å². The van der Waals surface area contributed by atoms with Crippen LogP contribution in [0.15, 0.2) is 0 Å². The highest BCUT2D eigenvalue weighted by Gasteiger charge is 2.27. The molecule has 11 heteroatoms. The summed E-state index contributed by atoms with van der Waals surface area (Å²) in [6.45, 7) is -0.254. The minimum Gasteiger partial charge on any atom is -0.384 e. The quantitative estimate of drug-likeness (QED) is 0.262. The van der Waals surface area contributed by atoms with Gasteiger partial charge in [0, 0.05) is 11.8 Å². The van der Waals surface area contributed by atoms with Gasteiger partial charge in [-0.1, -0.05) is 0 Å². The zero-order chi connectivity index (χ0) is 14.0. The fourth-order valence-corrected chi connectivity index (χ4v) is 1.36. The smallest absolute Gasteiger partial charge is 0.384 e. The lowest BCUT2D eigenvalue weighted by Gasteiger charge is -2.15. The predicted octanol–water partition coefficient (Wildman–Crippen LogP) is 2.72. The Bertz CT molecular complexity index is 238. The standard InChI is InChI=1S/C7H13Cl4O6P/c8-1-6(10)3-14-16-18(13,5-12)17-15-4-7(11)2-9/h6-7,12H,1-5H2. The van der Waals surface area contributed by atoms with Crippen LogP contribution in [0.1, 0.15) is 0 Å². The fraction of sp³-hybridized carbons (Fsp3) is 1.00. The molecule has 0 aromatic carbocycles. The molecule has 2 unspecified atom stereocenters. The Hall–Kier alpha value is 1.19. The van der Waals surface area contributed by atoms with Gasteiger partial charge in [0.15, 0.2) is 0 Å². The van der Waals surface area contributed by atoms with Gasteiger partial charge in [-0.15, -0.1) is 55.8 Å². The Morgan fingerprint density at radius 1 is 1.00 bits per heavy atom. The normalized spacial score (nSPS) is 18.3. The SMILES string of the molecule is O=P(CO)(OOCC(Cl)CCl)OOCC(Cl)CCl. The molecule has 0 saturated carbocycles. The topological polar surface area (TPSA) is 74.2 Å². The molecule has 0 rings (SSSR count). The second kappa shape index (κ2) is 10.9. The van der Waals surface area contributed by atoms with E-state index in [1.807, 2.05) is 0 Å².